The number of benzene rings is 1. The van der Waals surface area contributed by atoms with E-state index < -0.39 is 11.6 Å². The first-order chi connectivity index (χ1) is 7.99. The second-order valence-electron chi connectivity index (χ2n) is 3.95. The molecule has 1 aromatic carbocycles. The van der Waals surface area contributed by atoms with E-state index in [0.717, 1.165) is 0 Å². The third-order valence-electron chi connectivity index (χ3n) is 2.38. The monoisotopic (exact) mass is 302 g/mol. The molecule has 1 rings (SSSR count). The Kier molecular flexibility index (Phi) is 4.88. The van der Waals surface area contributed by atoms with Gasteiger partial charge in [-0.2, -0.15) is 5.26 Å². The summed E-state index contributed by atoms with van der Waals surface area (Å²) in [5.41, 5.74) is 0.460. The maximum absolute atomic E-state index is 13.7. The Morgan fingerprint density at radius 3 is 2.35 bits per heavy atom. The predicted molar refractivity (Wildman–Crippen MR) is 67.0 cm³/mol. The number of alkyl halides is 1. The van der Waals surface area contributed by atoms with Crippen LogP contribution in [0.1, 0.15) is 12.5 Å². The van der Waals surface area contributed by atoms with Crippen molar-refractivity contribution in [2.75, 3.05) is 18.5 Å². The summed E-state index contributed by atoms with van der Waals surface area (Å²) in [6.45, 7) is 2.00. The SMILES string of the molecule is CC(C#N)CN(C)c1c(F)cc(CBr)cc1F. The van der Waals surface area contributed by atoms with Gasteiger partial charge in [0.2, 0.25) is 0 Å². The highest BCUT2D eigenvalue weighted by Gasteiger charge is 2.16. The predicted octanol–water partition coefficient (Wildman–Crippen LogP) is 3.46. The Hall–Kier alpha value is -1.15. The van der Waals surface area contributed by atoms with Crippen LogP contribution in [0.4, 0.5) is 14.5 Å². The van der Waals surface area contributed by atoms with Gasteiger partial charge in [0.15, 0.2) is 0 Å². The molecule has 5 heteroatoms. The van der Waals surface area contributed by atoms with Crippen molar-refractivity contribution in [3.63, 3.8) is 0 Å². The smallest absolute Gasteiger partial charge is 0.149 e. The zero-order valence-corrected chi connectivity index (χ0v) is 11.3. The highest BCUT2D eigenvalue weighted by Crippen LogP contribution is 2.25. The third-order valence-corrected chi connectivity index (χ3v) is 3.03. The summed E-state index contributed by atoms with van der Waals surface area (Å²) in [5.74, 6) is -1.49. The van der Waals surface area contributed by atoms with Gasteiger partial charge in [-0.25, -0.2) is 8.78 Å². The Morgan fingerprint density at radius 2 is 1.94 bits per heavy atom. The summed E-state index contributed by atoms with van der Waals surface area (Å²) in [5, 5.41) is 9.08. The first kappa shape index (κ1) is 13.9. The zero-order chi connectivity index (χ0) is 13.0. The number of hydrogen-bond donors (Lipinski definition) is 0. The standard InChI is InChI=1S/C12H13BrF2N2/c1-8(6-16)7-17(2)12-10(14)3-9(5-13)4-11(12)15/h3-4,8H,5,7H2,1-2H3. The maximum Gasteiger partial charge on any atom is 0.149 e. The topological polar surface area (TPSA) is 27.0 Å². The lowest BCUT2D eigenvalue weighted by atomic mass is 10.1. The summed E-state index contributed by atoms with van der Waals surface area (Å²) in [6.07, 6.45) is 0. The van der Waals surface area contributed by atoms with Crippen LogP contribution >= 0.6 is 15.9 Å². The van der Waals surface area contributed by atoms with Gasteiger partial charge < -0.3 is 4.90 Å². The van der Waals surface area contributed by atoms with Crippen LogP contribution in [0.2, 0.25) is 0 Å². The lowest BCUT2D eigenvalue weighted by Crippen LogP contribution is -2.25. The molecule has 17 heavy (non-hydrogen) atoms. The van der Waals surface area contributed by atoms with Crippen molar-refractivity contribution in [2.45, 2.75) is 12.3 Å². The van der Waals surface area contributed by atoms with E-state index in [0.29, 0.717) is 10.9 Å². The van der Waals surface area contributed by atoms with Gasteiger partial charge in [0.25, 0.3) is 0 Å². The molecule has 0 radical (unpaired) electrons. The van der Waals surface area contributed by atoms with Gasteiger partial charge in [0.1, 0.15) is 17.3 Å². The quantitative estimate of drug-likeness (QED) is 0.797. The van der Waals surface area contributed by atoms with Gasteiger partial charge in [0.05, 0.1) is 12.0 Å². The minimum Gasteiger partial charge on any atom is -0.369 e. The maximum atomic E-state index is 13.7. The van der Waals surface area contributed by atoms with E-state index in [1.54, 1.807) is 14.0 Å². The normalized spacial score (nSPS) is 12.0. The molecule has 0 heterocycles. The Morgan fingerprint density at radius 1 is 1.41 bits per heavy atom. The lowest BCUT2D eigenvalue weighted by Gasteiger charge is -2.22. The molecule has 2 nitrogen and oxygen atoms in total. The van der Waals surface area contributed by atoms with E-state index in [4.69, 9.17) is 5.26 Å². The number of rotatable bonds is 4. The second-order valence-corrected chi connectivity index (χ2v) is 4.51. The Balaban J connectivity index is 3.02. The summed E-state index contributed by atoms with van der Waals surface area (Å²) in [6, 6.07) is 4.62. The van der Waals surface area contributed by atoms with Gasteiger partial charge in [-0.3, -0.25) is 0 Å². The minimum atomic E-state index is -0.605. The molecule has 0 spiro atoms. The molecule has 0 saturated heterocycles. The molecule has 0 aliphatic carbocycles. The molecule has 1 aromatic rings. The average Bonchev–Trinajstić information content (AvgIpc) is 2.27. The fourth-order valence-corrected chi connectivity index (χ4v) is 1.93. The van der Waals surface area contributed by atoms with E-state index in [1.165, 1.54) is 17.0 Å². The van der Waals surface area contributed by atoms with Crippen molar-refractivity contribution in [3.05, 3.63) is 29.3 Å². The number of nitrogens with zero attached hydrogens (tertiary/aromatic N) is 2. The highest BCUT2D eigenvalue weighted by molar-refractivity contribution is 9.08. The van der Waals surface area contributed by atoms with Crippen LogP contribution in [0.5, 0.6) is 0 Å². The van der Waals surface area contributed by atoms with Crippen LogP contribution in [0.25, 0.3) is 0 Å². The summed E-state index contributed by atoms with van der Waals surface area (Å²) in [7, 11) is 1.57. The van der Waals surface area contributed by atoms with Crippen molar-refractivity contribution < 1.29 is 8.78 Å². The molecule has 0 aromatic heterocycles. The summed E-state index contributed by atoms with van der Waals surface area (Å²) in [4.78, 5) is 1.43. The number of halogens is 3. The highest BCUT2D eigenvalue weighted by atomic mass is 79.9. The second kappa shape index (κ2) is 5.97. The van der Waals surface area contributed by atoms with Crippen molar-refractivity contribution >= 4 is 21.6 Å². The average molecular weight is 303 g/mol. The van der Waals surface area contributed by atoms with Crippen LogP contribution in [0.15, 0.2) is 12.1 Å². The van der Waals surface area contributed by atoms with Crippen molar-refractivity contribution in [1.29, 1.82) is 5.26 Å². The third kappa shape index (κ3) is 3.40. The van der Waals surface area contributed by atoms with E-state index in [9.17, 15) is 8.78 Å². The van der Waals surface area contributed by atoms with Crippen molar-refractivity contribution in [3.8, 4) is 6.07 Å². The van der Waals surface area contributed by atoms with E-state index in [-0.39, 0.29) is 18.2 Å². The van der Waals surface area contributed by atoms with Crippen LogP contribution in [0.3, 0.4) is 0 Å². The number of nitriles is 1. The van der Waals surface area contributed by atoms with E-state index >= 15 is 0 Å². The van der Waals surface area contributed by atoms with Gasteiger partial charge in [0, 0.05) is 18.9 Å². The van der Waals surface area contributed by atoms with Gasteiger partial charge >= 0.3 is 0 Å². The van der Waals surface area contributed by atoms with E-state index in [1.807, 2.05) is 6.07 Å². The molecule has 0 amide bonds. The molecule has 0 fully saturated rings. The number of hydrogen-bond acceptors (Lipinski definition) is 2. The lowest BCUT2D eigenvalue weighted by molar-refractivity contribution is 0.568. The van der Waals surface area contributed by atoms with Crippen LogP contribution in [-0.2, 0) is 5.33 Å². The molecular formula is C12H13BrF2N2. The van der Waals surface area contributed by atoms with Gasteiger partial charge in [-0.1, -0.05) is 15.9 Å². The van der Waals surface area contributed by atoms with Crippen molar-refractivity contribution in [2.24, 2.45) is 5.92 Å². The molecule has 0 aliphatic rings. The number of anilines is 1. The minimum absolute atomic E-state index is 0.0863. The van der Waals surface area contributed by atoms with Gasteiger partial charge in [-0.15, -0.1) is 0 Å². The fraction of sp³-hybridized carbons (Fsp3) is 0.417. The zero-order valence-electron chi connectivity index (χ0n) is 9.67. The van der Waals surface area contributed by atoms with Crippen molar-refractivity contribution in [1.82, 2.24) is 0 Å². The molecular weight excluding hydrogens is 290 g/mol. The van der Waals surface area contributed by atoms with Crippen LogP contribution in [0, 0.1) is 28.9 Å². The molecule has 0 N–H and O–H groups in total. The molecule has 1 atom stereocenters. The molecule has 0 bridgehead atoms. The molecule has 92 valence electrons. The van der Waals surface area contributed by atoms with Gasteiger partial charge in [-0.05, 0) is 24.6 Å². The first-order valence-electron chi connectivity index (χ1n) is 5.14. The Bertz CT molecular complexity index is 420. The molecule has 1 unspecified atom stereocenters. The fourth-order valence-electron chi connectivity index (χ4n) is 1.60. The largest absolute Gasteiger partial charge is 0.369 e. The first-order valence-corrected chi connectivity index (χ1v) is 6.26. The Labute approximate surface area is 108 Å². The summed E-state index contributed by atoms with van der Waals surface area (Å²) < 4.78 is 27.4. The van der Waals surface area contributed by atoms with E-state index in [2.05, 4.69) is 15.9 Å². The van der Waals surface area contributed by atoms with Crippen LogP contribution < -0.4 is 4.90 Å². The molecule has 0 saturated carbocycles. The summed E-state index contributed by atoms with van der Waals surface area (Å²) >= 11 is 3.15. The van der Waals surface area contributed by atoms with Crippen LogP contribution in [-0.4, -0.2) is 13.6 Å². The molecule has 0 aliphatic heterocycles.